The quantitative estimate of drug-likeness (QED) is 0.513. The standard InChI is InChI=1S/C25H23FN4O2/c1-3-30-23(8-15(2)29-30)25(31)28-14-20-11-18-10-17(12-21(26)24(18)32-20)19-9-16-6-4-5-7-22(16)27-13-19/h4-10,12-13,20H,3,11,14H2,1-2H3,(H,28,31)/t20-/m0/s1. The van der Waals surface area contributed by atoms with Crippen LogP contribution in [-0.2, 0) is 13.0 Å². The maximum absolute atomic E-state index is 14.8. The van der Waals surface area contributed by atoms with E-state index in [9.17, 15) is 9.18 Å². The fourth-order valence-corrected chi connectivity index (χ4v) is 4.16. The van der Waals surface area contributed by atoms with Crippen molar-refractivity contribution in [2.45, 2.75) is 32.9 Å². The number of nitrogens with one attached hydrogen (secondary N) is 1. The lowest BCUT2D eigenvalue weighted by Gasteiger charge is -2.12. The van der Waals surface area contributed by atoms with E-state index in [2.05, 4.69) is 15.4 Å². The number of pyridine rings is 1. The molecule has 6 nitrogen and oxygen atoms in total. The highest BCUT2D eigenvalue weighted by molar-refractivity contribution is 5.92. The summed E-state index contributed by atoms with van der Waals surface area (Å²) in [5.74, 6) is -0.356. The van der Waals surface area contributed by atoms with E-state index in [1.807, 2.05) is 50.2 Å². The summed E-state index contributed by atoms with van der Waals surface area (Å²) in [4.78, 5) is 17.1. The summed E-state index contributed by atoms with van der Waals surface area (Å²) in [5, 5.41) is 8.20. The zero-order valence-corrected chi connectivity index (χ0v) is 17.9. The van der Waals surface area contributed by atoms with Gasteiger partial charge < -0.3 is 10.1 Å². The number of benzene rings is 2. The molecular weight excluding hydrogens is 407 g/mol. The molecule has 1 atom stereocenters. The van der Waals surface area contributed by atoms with E-state index in [0.717, 1.165) is 33.3 Å². The summed E-state index contributed by atoms with van der Waals surface area (Å²) >= 11 is 0. The number of para-hydroxylation sites is 1. The Morgan fingerprint density at radius 3 is 2.91 bits per heavy atom. The molecule has 0 spiro atoms. The highest BCUT2D eigenvalue weighted by Gasteiger charge is 2.27. The molecular formula is C25H23FN4O2. The largest absolute Gasteiger partial charge is 0.485 e. The van der Waals surface area contributed by atoms with Gasteiger partial charge in [-0.3, -0.25) is 14.5 Å². The number of nitrogens with zero attached hydrogens (tertiary/aromatic N) is 3. The number of aromatic nitrogens is 3. The molecule has 32 heavy (non-hydrogen) atoms. The van der Waals surface area contributed by atoms with Crippen LogP contribution in [0.3, 0.4) is 0 Å². The average molecular weight is 430 g/mol. The minimum Gasteiger partial charge on any atom is -0.485 e. The Hall–Kier alpha value is -3.74. The minimum atomic E-state index is -0.404. The Kier molecular flexibility index (Phi) is 5.09. The number of ether oxygens (including phenoxy) is 1. The Bertz CT molecular complexity index is 1330. The van der Waals surface area contributed by atoms with Crippen LogP contribution in [0.5, 0.6) is 5.75 Å². The summed E-state index contributed by atoms with van der Waals surface area (Å²) < 4.78 is 22.3. The van der Waals surface area contributed by atoms with Gasteiger partial charge in [0.25, 0.3) is 5.91 Å². The number of hydrogen-bond donors (Lipinski definition) is 1. The molecule has 0 radical (unpaired) electrons. The smallest absolute Gasteiger partial charge is 0.269 e. The maximum atomic E-state index is 14.8. The molecule has 0 aliphatic carbocycles. The van der Waals surface area contributed by atoms with Crippen molar-refractivity contribution in [1.29, 1.82) is 0 Å². The van der Waals surface area contributed by atoms with Gasteiger partial charge in [-0.15, -0.1) is 0 Å². The second-order valence-electron chi connectivity index (χ2n) is 8.00. The monoisotopic (exact) mass is 430 g/mol. The SMILES string of the molecule is CCn1nc(C)cc1C(=O)NC[C@@H]1Cc2cc(-c3cnc4ccccc4c3)cc(F)c2O1. The first-order chi connectivity index (χ1) is 15.5. The second-order valence-corrected chi connectivity index (χ2v) is 8.00. The summed E-state index contributed by atoms with van der Waals surface area (Å²) in [6, 6.07) is 15.0. The molecule has 0 saturated carbocycles. The number of halogens is 1. The van der Waals surface area contributed by atoms with E-state index >= 15 is 0 Å². The molecule has 7 heteroatoms. The molecule has 1 aliphatic heterocycles. The second kappa shape index (κ2) is 8.07. The summed E-state index contributed by atoms with van der Waals surface area (Å²) in [5.41, 5.74) is 4.61. The summed E-state index contributed by atoms with van der Waals surface area (Å²) in [6.07, 6.45) is 1.95. The van der Waals surface area contributed by atoms with Gasteiger partial charge >= 0.3 is 0 Å². The molecule has 162 valence electrons. The summed E-state index contributed by atoms with van der Waals surface area (Å²) in [7, 11) is 0. The van der Waals surface area contributed by atoms with E-state index in [1.165, 1.54) is 6.07 Å². The molecule has 4 aromatic rings. The first-order valence-electron chi connectivity index (χ1n) is 10.7. The summed E-state index contributed by atoms with van der Waals surface area (Å²) in [6.45, 7) is 4.68. The number of rotatable bonds is 5. The van der Waals surface area contributed by atoms with Crippen LogP contribution in [-0.4, -0.2) is 33.3 Å². The number of carbonyl (C=O) groups is 1. The Balaban J connectivity index is 1.32. The number of hydrogen-bond acceptors (Lipinski definition) is 4. The van der Waals surface area contributed by atoms with Crippen LogP contribution in [0.1, 0.15) is 28.7 Å². The zero-order valence-electron chi connectivity index (χ0n) is 17.9. The number of carbonyl (C=O) groups excluding carboxylic acids is 1. The Morgan fingerprint density at radius 2 is 2.06 bits per heavy atom. The molecule has 1 aliphatic rings. The van der Waals surface area contributed by atoms with Gasteiger partial charge in [0, 0.05) is 35.7 Å². The molecule has 1 N–H and O–H groups in total. The zero-order chi connectivity index (χ0) is 22.2. The van der Waals surface area contributed by atoms with Crippen LogP contribution >= 0.6 is 0 Å². The van der Waals surface area contributed by atoms with Crippen LogP contribution in [0.15, 0.2) is 54.7 Å². The van der Waals surface area contributed by atoms with Gasteiger partial charge in [-0.25, -0.2) is 4.39 Å². The van der Waals surface area contributed by atoms with Gasteiger partial charge in [-0.2, -0.15) is 5.10 Å². The number of fused-ring (bicyclic) bond motifs is 2. The third-order valence-electron chi connectivity index (χ3n) is 5.70. The van der Waals surface area contributed by atoms with Gasteiger partial charge in [-0.05, 0) is 49.7 Å². The van der Waals surface area contributed by atoms with Crippen LogP contribution in [0.25, 0.3) is 22.0 Å². The minimum absolute atomic E-state index is 0.213. The topological polar surface area (TPSA) is 69.0 Å². The van der Waals surface area contributed by atoms with Crippen molar-refractivity contribution >= 4 is 16.8 Å². The average Bonchev–Trinajstić information content (AvgIpc) is 3.40. The maximum Gasteiger partial charge on any atom is 0.269 e. The van der Waals surface area contributed by atoms with Crippen molar-refractivity contribution in [2.75, 3.05) is 6.54 Å². The van der Waals surface area contributed by atoms with Crippen LogP contribution in [0, 0.1) is 12.7 Å². The van der Waals surface area contributed by atoms with Crippen LogP contribution < -0.4 is 10.1 Å². The van der Waals surface area contributed by atoms with Crippen molar-refractivity contribution in [1.82, 2.24) is 20.1 Å². The normalized spacial score (nSPS) is 14.9. The first kappa shape index (κ1) is 20.2. The van der Waals surface area contributed by atoms with E-state index < -0.39 is 5.82 Å². The molecule has 2 aromatic heterocycles. The molecule has 5 rings (SSSR count). The molecule has 2 aromatic carbocycles. The van der Waals surface area contributed by atoms with Gasteiger partial charge in [0.1, 0.15) is 11.8 Å². The van der Waals surface area contributed by atoms with Crippen LogP contribution in [0.2, 0.25) is 0 Å². The molecule has 0 fully saturated rings. The lowest BCUT2D eigenvalue weighted by Crippen LogP contribution is -2.35. The van der Waals surface area contributed by atoms with Gasteiger partial charge in [-0.1, -0.05) is 18.2 Å². The predicted molar refractivity (Wildman–Crippen MR) is 120 cm³/mol. The van der Waals surface area contributed by atoms with Crippen molar-refractivity contribution in [3.8, 4) is 16.9 Å². The number of amides is 1. The highest BCUT2D eigenvalue weighted by atomic mass is 19.1. The molecule has 1 amide bonds. The molecule has 0 unspecified atom stereocenters. The Labute approximate surface area is 185 Å². The van der Waals surface area contributed by atoms with Crippen molar-refractivity contribution in [2.24, 2.45) is 0 Å². The lowest BCUT2D eigenvalue weighted by atomic mass is 10.0. The third kappa shape index (κ3) is 3.70. The molecule has 0 saturated heterocycles. The molecule has 0 bridgehead atoms. The van der Waals surface area contributed by atoms with Gasteiger partial charge in [0.15, 0.2) is 11.6 Å². The van der Waals surface area contributed by atoms with E-state index in [1.54, 1.807) is 16.9 Å². The predicted octanol–water partition coefficient (Wildman–Crippen LogP) is 4.30. The van der Waals surface area contributed by atoms with E-state index in [0.29, 0.717) is 18.7 Å². The number of aryl methyl sites for hydroxylation is 2. The Morgan fingerprint density at radius 1 is 1.22 bits per heavy atom. The van der Waals surface area contributed by atoms with Gasteiger partial charge in [0.05, 0.1) is 17.8 Å². The van der Waals surface area contributed by atoms with Crippen molar-refractivity contribution < 1.29 is 13.9 Å². The van der Waals surface area contributed by atoms with E-state index in [-0.39, 0.29) is 24.3 Å². The van der Waals surface area contributed by atoms with Gasteiger partial charge in [0.2, 0.25) is 0 Å². The fraction of sp³-hybridized carbons (Fsp3) is 0.240. The third-order valence-corrected chi connectivity index (χ3v) is 5.70. The van der Waals surface area contributed by atoms with Crippen molar-refractivity contribution in [3.63, 3.8) is 0 Å². The first-order valence-corrected chi connectivity index (χ1v) is 10.7. The fourth-order valence-electron chi connectivity index (χ4n) is 4.16. The molecule has 3 heterocycles. The highest BCUT2D eigenvalue weighted by Crippen LogP contribution is 2.36. The lowest BCUT2D eigenvalue weighted by molar-refractivity contribution is 0.0922. The van der Waals surface area contributed by atoms with Crippen LogP contribution in [0.4, 0.5) is 4.39 Å². The van der Waals surface area contributed by atoms with E-state index in [4.69, 9.17) is 4.74 Å². The van der Waals surface area contributed by atoms with Crippen molar-refractivity contribution in [3.05, 3.63) is 77.5 Å².